The number of ether oxygens (including phenoxy) is 1. The van der Waals surface area contributed by atoms with E-state index in [1.807, 2.05) is 25.1 Å². The van der Waals surface area contributed by atoms with Crippen molar-refractivity contribution in [2.45, 2.75) is 38.6 Å². The van der Waals surface area contributed by atoms with Gasteiger partial charge >= 0.3 is 0 Å². The van der Waals surface area contributed by atoms with Crippen LogP contribution in [0.1, 0.15) is 31.4 Å². The molecule has 2 aromatic heterocycles. The number of hydrogen-bond acceptors (Lipinski definition) is 7. The van der Waals surface area contributed by atoms with Crippen LogP contribution in [0.3, 0.4) is 0 Å². The molecule has 5 rings (SSSR count). The highest BCUT2D eigenvalue weighted by Gasteiger charge is 2.27. The molecular formula is C24H28ClN5O2S. The van der Waals surface area contributed by atoms with E-state index in [1.165, 1.54) is 50.1 Å². The van der Waals surface area contributed by atoms with Crippen LogP contribution in [0.15, 0.2) is 30.3 Å². The van der Waals surface area contributed by atoms with E-state index in [4.69, 9.17) is 26.3 Å². The molecule has 0 unspecified atom stereocenters. The molecule has 0 saturated carbocycles. The van der Waals surface area contributed by atoms with E-state index in [1.54, 1.807) is 12.1 Å². The number of carbonyl (C=O) groups is 1. The zero-order valence-corrected chi connectivity index (χ0v) is 20.3. The summed E-state index contributed by atoms with van der Waals surface area (Å²) in [7, 11) is 0. The SMILES string of the molecule is Cc1nc(N2CCC(N3CCCC3)CC2)nc2ccc(NC(=O)COc3ccc(Cl)s3)cc12. The predicted molar refractivity (Wildman–Crippen MR) is 134 cm³/mol. The monoisotopic (exact) mass is 485 g/mol. The maximum absolute atomic E-state index is 12.3. The number of benzene rings is 1. The summed E-state index contributed by atoms with van der Waals surface area (Å²) in [5, 5.41) is 4.44. The molecule has 0 aliphatic carbocycles. The number of aryl methyl sites for hydroxylation is 1. The number of thiophene rings is 1. The number of likely N-dealkylation sites (tertiary alicyclic amines) is 1. The molecule has 0 bridgehead atoms. The minimum atomic E-state index is -0.227. The molecule has 4 heterocycles. The third-order valence-corrected chi connectivity index (χ3v) is 7.60. The van der Waals surface area contributed by atoms with Gasteiger partial charge in [-0.15, -0.1) is 0 Å². The number of anilines is 2. The summed E-state index contributed by atoms with van der Waals surface area (Å²) in [6.45, 7) is 6.43. The zero-order valence-electron chi connectivity index (χ0n) is 18.7. The Morgan fingerprint density at radius 2 is 1.94 bits per heavy atom. The van der Waals surface area contributed by atoms with Gasteiger partial charge in [-0.3, -0.25) is 4.79 Å². The lowest BCUT2D eigenvalue weighted by molar-refractivity contribution is -0.118. The summed E-state index contributed by atoms with van der Waals surface area (Å²) in [5.41, 5.74) is 2.50. The van der Waals surface area contributed by atoms with Gasteiger partial charge in [-0.2, -0.15) is 0 Å². The van der Waals surface area contributed by atoms with Crippen molar-refractivity contribution in [3.05, 3.63) is 40.4 Å². The van der Waals surface area contributed by atoms with Gasteiger partial charge in [0.1, 0.15) is 0 Å². The second kappa shape index (κ2) is 9.83. The van der Waals surface area contributed by atoms with Crippen LogP contribution in [0.4, 0.5) is 11.6 Å². The van der Waals surface area contributed by atoms with Crippen LogP contribution in [-0.2, 0) is 4.79 Å². The largest absolute Gasteiger partial charge is 0.474 e. The maximum atomic E-state index is 12.3. The van der Waals surface area contributed by atoms with Gasteiger partial charge in [0.25, 0.3) is 5.91 Å². The molecule has 0 radical (unpaired) electrons. The van der Waals surface area contributed by atoms with Crippen LogP contribution in [0.5, 0.6) is 5.06 Å². The highest BCUT2D eigenvalue weighted by Crippen LogP contribution is 2.29. The first-order chi connectivity index (χ1) is 16.0. The van der Waals surface area contributed by atoms with Crippen LogP contribution >= 0.6 is 22.9 Å². The fourth-order valence-corrected chi connectivity index (χ4v) is 5.61. The first kappa shape index (κ1) is 22.4. The predicted octanol–water partition coefficient (Wildman–Crippen LogP) is 4.74. The van der Waals surface area contributed by atoms with Gasteiger partial charge in [-0.05, 0) is 76.0 Å². The third-order valence-electron chi connectivity index (χ3n) is 6.46. The Morgan fingerprint density at radius 3 is 2.67 bits per heavy atom. The van der Waals surface area contributed by atoms with Crippen LogP contribution in [0.2, 0.25) is 4.34 Å². The van der Waals surface area contributed by atoms with E-state index in [0.29, 0.717) is 21.1 Å². The van der Waals surface area contributed by atoms with Crippen molar-refractivity contribution in [1.29, 1.82) is 0 Å². The van der Waals surface area contributed by atoms with E-state index in [2.05, 4.69) is 15.1 Å². The lowest BCUT2D eigenvalue weighted by Crippen LogP contribution is -2.44. The van der Waals surface area contributed by atoms with E-state index >= 15 is 0 Å². The van der Waals surface area contributed by atoms with Gasteiger partial charge in [0.15, 0.2) is 11.7 Å². The van der Waals surface area contributed by atoms with Crippen LogP contribution in [-0.4, -0.2) is 59.6 Å². The van der Waals surface area contributed by atoms with Crippen LogP contribution < -0.4 is 15.0 Å². The number of carbonyl (C=O) groups excluding carboxylic acids is 1. The van der Waals surface area contributed by atoms with E-state index < -0.39 is 0 Å². The molecule has 1 N–H and O–H groups in total. The molecule has 2 aliphatic heterocycles. The van der Waals surface area contributed by atoms with E-state index in [9.17, 15) is 4.79 Å². The van der Waals surface area contributed by atoms with Crippen molar-refractivity contribution in [2.75, 3.05) is 43.0 Å². The smallest absolute Gasteiger partial charge is 0.262 e. The van der Waals surface area contributed by atoms with Gasteiger partial charge in [0, 0.05) is 30.2 Å². The number of piperidine rings is 1. The number of fused-ring (bicyclic) bond motifs is 1. The van der Waals surface area contributed by atoms with Gasteiger partial charge in [-0.25, -0.2) is 9.97 Å². The zero-order chi connectivity index (χ0) is 22.8. The normalized spacial score (nSPS) is 17.6. The summed E-state index contributed by atoms with van der Waals surface area (Å²) in [6.07, 6.45) is 5.02. The summed E-state index contributed by atoms with van der Waals surface area (Å²) < 4.78 is 6.11. The first-order valence-electron chi connectivity index (χ1n) is 11.5. The van der Waals surface area contributed by atoms with Crippen LogP contribution in [0.25, 0.3) is 10.9 Å². The standard InChI is InChI=1S/C24H28ClN5O2S/c1-16-19-14-17(27-22(31)15-32-23-7-6-21(25)33-23)4-5-20(19)28-24(26-16)30-12-8-18(9-13-30)29-10-2-3-11-29/h4-7,14,18H,2-3,8-13,15H2,1H3,(H,27,31). The molecule has 7 nitrogen and oxygen atoms in total. The van der Waals surface area contributed by atoms with Crippen LogP contribution in [0, 0.1) is 6.92 Å². The number of hydrogen-bond donors (Lipinski definition) is 1. The number of aromatic nitrogens is 2. The molecule has 9 heteroatoms. The van der Waals surface area contributed by atoms with Gasteiger partial charge in [0.2, 0.25) is 5.95 Å². The number of halogens is 1. The fraction of sp³-hybridized carbons (Fsp3) is 0.458. The first-order valence-corrected chi connectivity index (χ1v) is 12.7. The molecule has 2 saturated heterocycles. The Kier molecular flexibility index (Phi) is 6.66. The van der Waals surface area contributed by atoms with Crippen molar-refractivity contribution in [3.63, 3.8) is 0 Å². The number of amides is 1. The van der Waals surface area contributed by atoms with Crippen molar-refractivity contribution in [2.24, 2.45) is 0 Å². The maximum Gasteiger partial charge on any atom is 0.262 e. The average Bonchev–Trinajstić information content (AvgIpc) is 3.50. The minimum Gasteiger partial charge on any atom is -0.474 e. The van der Waals surface area contributed by atoms with Gasteiger partial charge < -0.3 is 19.9 Å². The quantitative estimate of drug-likeness (QED) is 0.544. The number of nitrogens with one attached hydrogen (secondary N) is 1. The molecule has 0 spiro atoms. The van der Waals surface area contributed by atoms with Crippen molar-refractivity contribution >= 4 is 51.4 Å². The summed E-state index contributed by atoms with van der Waals surface area (Å²) in [6, 6.07) is 9.95. The lowest BCUT2D eigenvalue weighted by atomic mass is 10.0. The topological polar surface area (TPSA) is 70.6 Å². The number of nitrogens with zero attached hydrogens (tertiary/aromatic N) is 4. The second-order valence-electron chi connectivity index (χ2n) is 8.70. The van der Waals surface area contributed by atoms with E-state index in [0.717, 1.165) is 35.6 Å². The molecular weight excluding hydrogens is 458 g/mol. The Bertz CT molecular complexity index is 1140. The highest BCUT2D eigenvalue weighted by atomic mass is 35.5. The Balaban J connectivity index is 1.22. The number of rotatable bonds is 6. The molecule has 2 aliphatic rings. The average molecular weight is 486 g/mol. The molecule has 0 atom stereocenters. The molecule has 3 aromatic rings. The van der Waals surface area contributed by atoms with Crippen molar-refractivity contribution < 1.29 is 9.53 Å². The summed E-state index contributed by atoms with van der Waals surface area (Å²) in [4.78, 5) is 26.9. The van der Waals surface area contributed by atoms with Gasteiger partial charge in [-0.1, -0.05) is 22.9 Å². The Morgan fingerprint density at radius 1 is 1.15 bits per heavy atom. The molecule has 1 aromatic carbocycles. The summed E-state index contributed by atoms with van der Waals surface area (Å²) >= 11 is 7.19. The van der Waals surface area contributed by atoms with Gasteiger partial charge in [0.05, 0.1) is 15.5 Å². The molecule has 33 heavy (non-hydrogen) atoms. The second-order valence-corrected chi connectivity index (χ2v) is 10.4. The fourth-order valence-electron chi connectivity index (χ4n) is 4.73. The Labute approximate surface area is 202 Å². The molecule has 174 valence electrons. The lowest BCUT2D eigenvalue weighted by Gasteiger charge is -2.36. The highest BCUT2D eigenvalue weighted by molar-refractivity contribution is 7.17. The van der Waals surface area contributed by atoms with Crippen molar-refractivity contribution in [3.8, 4) is 5.06 Å². The van der Waals surface area contributed by atoms with E-state index in [-0.39, 0.29) is 12.5 Å². The molecule has 2 fully saturated rings. The third kappa shape index (κ3) is 5.23. The molecule has 1 amide bonds. The summed E-state index contributed by atoms with van der Waals surface area (Å²) in [5.74, 6) is 0.578. The Hall–Kier alpha value is -2.42. The minimum absolute atomic E-state index is 0.0727. The van der Waals surface area contributed by atoms with Crippen molar-refractivity contribution in [1.82, 2.24) is 14.9 Å².